The predicted molar refractivity (Wildman–Crippen MR) is 99.6 cm³/mol. The summed E-state index contributed by atoms with van der Waals surface area (Å²) in [5.74, 6) is -0.631. The van der Waals surface area contributed by atoms with E-state index >= 15 is 0 Å². The Bertz CT molecular complexity index is 1040. The molecule has 1 N–H and O–H groups in total. The highest BCUT2D eigenvalue weighted by Gasteiger charge is 2.12. The van der Waals surface area contributed by atoms with Crippen molar-refractivity contribution < 1.29 is 9.18 Å². The zero-order valence-electron chi connectivity index (χ0n) is 14.3. The summed E-state index contributed by atoms with van der Waals surface area (Å²) in [7, 11) is 0. The molecule has 0 fully saturated rings. The van der Waals surface area contributed by atoms with Crippen LogP contribution in [0.5, 0.6) is 0 Å². The number of aromatic nitrogens is 2. The van der Waals surface area contributed by atoms with Gasteiger partial charge in [-0.05, 0) is 54.1 Å². The summed E-state index contributed by atoms with van der Waals surface area (Å²) in [5.41, 5.74) is 3.90. The minimum Gasteiger partial charge on any atom is -0.348 e. The maximum atomic E-state index is 13.2. The number of halogens is 1. The van der Waals surface area contributed by atoms with Crippen LogP contribution in [-0.4, -0.2) is 15.9 Å². The monoisotopic (exact) mass is 358 g/mol. The summed E-state index contributed by atoms with van der Waals surface area (Å²) in [6, 6.07) is 13.2. The first-order chi connectivity index (χ1) is 13.1. The van der Waals surface area contributed by atoms with Crippen LogP contribution < -0.4 is 5.32 Å². The van der Waals surface area contributed by atoms with Gasteiger partial charge in [-0.25, -0.2) is 4.39 Å². The first-order valence-electron chi connectivity index (χ1n) is 8.12. The van der Waals surface area contributed by atoms with E-state index < -0.39 is 0 Å². The number of nitriles is 1. The zero-order chi connectivity index (χ0) is 19.2. The van der Waals surface area contributed by atoms with Gasteiger partial charge in [0, 0.05) is 30.1 Å². The highest BCUT2D eigenvalue weighted by molar-refractivity contribution is 5.87. The average Bonchev–Trinajstić information content (AvgIpc) is 2.72. The lowest BCUT2D eigenvalue weighted by Gasteiger charge is -2.12. The lowest BCUT2D eigenvalue weighted by Crippen LogP contribution is -2.20. The number of nitrogens with zero attached hydrogens (tertiary/aromatic N) is 3. The Morgan fingerprint density at radius 3 is 2.67 bits per heavy atom. The number of benzene rings is 1. The Labute approximate surface area is 155 Å². The van der Waals surface area contributed by atoms with E-state index in [0.717, 1.165) is 16.7 Å². The molecule has 0 saturated heterocycles. The van der Waals surface area contributed by atoms with E-state index in [-0.39, 0.29) is 18.3 Å². The first-order valence-corrected chi connectivity index (χ1v) is 8.12. The number of hydrogen-bond donors (Lipinski definition) is 1. The van der Waals surface area contributed by atoms with Gasteiger partial charge in [-0.1, -0.05) is 6.58 Å². The largest absolute Gasteiger partial charge is 0.348 e. The molecular weight excluding hydrogens is 343 g/mol. The maximum Gasteiger partial charge on any atom is 0.243 e. The molecule has 27 heavy (non-hydrogen) atoms. The fourth-order valence-corrected chi connectivity index (χ4v) is 2.54. The third-order valence-electron chi connectivity index (χ3n) is 3.93. The van der Waals surface area contributed by atoms with E-state index in [9.17, 15) is 9.18 Å². The zero-order valence-corrected chi connectivity index (χ0v) is 14.3. The van der Waals surface area contributed by atoms with Crippen LogP contribution in [0.3, 0.4) is 0 Å². The van der Waals surface area contributed by atoms with Crippen LogP contribution >= 0.6 is 0 Å². The smallest absolute Gasteiger partial charge is 0.243 e. The van der Waals surface area contributed by atoms with E-state index in [2.05, 4.69) is 27.9 Å². The van der Waals surface area contributed by atoms with Gasteiger partial charge >= 0.3 is 0 Å². The van der Waals surface area contributed by atoms with Crippen molar-refractivity contribution >= 4 is 5.91 Å². The van der Waals surface area contributed by atoms with Crippen molar-refractivity contribution in [3.05, 3.63) is 84.5 Å². The molecule has 0 bridgehead atoms. The molecule has 2 heterocycles. The number of nitrogens with one attached hydrogen (secondary N) is 1. The number of pyridine rings is 2. The van der Waals surface area contributed by atoms with E-state index in [1.165, 1.54) is 18.2 Å². The minimum absolute atomic E-state index is 0.231. The molecule has 0 unspecified atom stereocenters. The predicted octanol–water partition coefficient (Wildman–Crippen LogP) is 3.62. The van der Waals surface area contributed by atoms with Crippen LogP contribution in [0.4, 0.5) is 4.39 Å². The molecule has 0 aliphatic rings. The Morgan fingerprint density at radius 1 is 1.19 bits per heavy atom. The Balaban J connectivity index is 2.08. The normalized spacial score (nSPS) is 10.1. The van der Waals surface area contributed by atoms with Gasteiger partial charge in [0.25, 0.3) is 0 Å². The maximum absolute atomic E-state index is 13.2. The molecule has 1 aromatic carbocycles. The molecule has 0 aliphatic carbocycles. The number of carbonyl (C=O) groups excluding carboxylic acids is 1. The Morgan fingerprint density at radius 2 is 1.96 bits per heavy atom. The molecule has 0 radical (unpaired) electrons. The van der Waals surface area contributed by atoms with Gasteiger partial charge in [0.05, 0.1) is 23.0 Å². The molecule has 5 nitrogen and oxygen atoms in total. The van der Waals surface area contributed by atoms with Gasteiger partial charge in [0.2, 0.25) is 5.91 Å². The number of amides is 1. The highest BCUT2D eigenvalue weighted by atomic mass is 19.1. The average molecular weight is 358 g/mol. The van der Waals surface area contributed by atoms with Crippen LogP contribution in [0.1, 0.15) is 11.1 Å². The third kappa shape index (κ3) is 4.22. The summed E-state index contributed by atoms with van der Waals surface area (Å²) in [4.78, 5) is 20.3. The summed E-state index contributed by atoms with van der Waals surface area (Å²) >= 11 is 0. The topological polar surface area (TPSA) is 78.7 Å². The quantitative estimate of drug-likeness (QED) is 0.707. The van der Waals surface area contributed by atoms with Crippen LogP contribution in [0.25, 0.3) is 22.5 Å². The fourth-order valence-electron chi connectivity index (χ4n) is 2.54. The number of carbonyl (C=O) groups is 1. The van der Waals surface area contributed by atoms with Crippen molar-refractivity contribution in [2.24, 2.45) is 0 Å². The molecule has 0 spiro atoms. The van der Waals surface area contributed by atoms with Gasteiger partial charge in [0.1, 0.15) is 5.82 Å². The van der Waals surface area contributed by atoms with Crippen molar-refractivity contribution in [2.45, 2.75) is 6.54 Å². The van der Waals surface area contributed by atoms with Crippen LogP contribution in [0, 0.1) is 17.1 Å². The molecule has 3 rings (SSSR count). The van der Waals surface area contributed by atoms with Gasteiger partial charge in [-0.15, -0.1) is 0 Å². The summed E-state index contributed by atoms with van der Waals surface area (Å²) in [6.45, 7) is 3.66. The van der Waals surface area contributed by atoms with E-state index in [1.54, 1.807) is 36.7 Å². The van der Waals surface area contributed by atoms with Gasteiger partial charge in [-0.2, -0.15) is 5.26 Å². The SMILES string of the molecule is C=CC(=O)NCc1cnc(-c2ccc(F)cc2)cc1-c1cc(C#N)ccn1. The summed E-state index contributed by atoms with van der Waals surface area (Å²) < 4.78 is 13.2. The van der Waals surface area contributed by atoms with Crippen LogP contribution in [0.15, 0.2) is 67.5 Å². The summed E-state index contributed by atoms with van der Waals surface area (Å²) in [5, 5.41) is 11.9. The lowest BCUT2D eigenvalue weighted by molar-refractivity contribution is -0.116. The molecule has 0 aliphatic heterocycles. The first kappa shape index (κ1) is 18.0. The Kier molecular flexibility index (Phi) is 5.33. The van der Waals surface area contributed by atoms with Crippen LogP contribution in [-0.2, 0) is 11.3 Å². The Hall–Kier alpha value is -3.85. The van der Waals surface area contributed by atoms with E-state index in [1.807, 2.05) is 6.07 Å². The van der Waals surface area contributed by atoms with Crippen molar-refractivity contribution in [3.8, 4) is 28.6 Å². The second-order valence-electron chi connectivity index (χ2n) is 5.70. The number of hydrogen-bond acceptors (Lipinski definition) is 4. The van der Waals surface area contributed by atoms with Crippen molar-refractivity contribution in [1.82, 2.24) is 15.3 Å². The molecular formula is C21H15FN4O. The van der Waals surface area contributed by atoms with Gasteiger partial charge in [0.15, 0.2) is 0 Å². The van der Waals surface area contributed by atoms with Crippen LogP contribution in [0.2, 0.25) is 0 Å². The second kappa shape index (κ2) is 8.02. The van der Waals surface area contributed by atoms with Gasteiger partial charge in [-0.3, -0.25) is 14.8 Å². The van der Waals surface area contributed by atoms with Crippen molar-refractivity contribution in [3.63, 3.8) is 0 Å². The summed E-state index contributed by atoms with van der Waals surface area (Å²) in [6.07, 6.45) is 4.38. The van der Waals surface area contributed by atoms with E-state index in [4.69, 9.17) is 5.26 Å². The second-order valence-corrected chi connectivity index (χ2v) is 5.70. The van der Waals surface area contributed by atoms with Gasteiger partial charge < -0.3 is 5.32 Å². The standard InChI is InChI=1S/C21H15FN4O/c1-2-21(27)26-13-16-12-25-19(15-3-5-17(22)6-4-15)10-18(16)20-9-14(11-23)7-8-24-20/h2-10,12H,1,13H2,(H,26,27). The van der Waals surface area contributed by atoms with E-state index in [0.29, 0.717) is 17.0 Å². The molecule has 2 aromatic heterocycles. The fraction of sp³-hybridized carbons (Fsp3) is 0.0476. The molecule has 6 heteroatoms. The van der Waals surface area contributed by atoms with Crippen molar-refractivity contribution in [2.75, 3.05) is 0 Å². The minimum atomic E-state index is -0.328. The molecule has 0 atom stereocenters. The molecule has 132 valence electrons. The molecule has 1 amide bonds. The lowest BCUT2D eigenvalue weighted by atomic mass is 10.0. The highest BCUT2D eigenvalue weighted by Crippen LogP contribution is 2.27. The van der Waals surface area contributed by atoms with Crippen molar-refractivity contribution in [1.29, 1.82) is 5.26 Å². The molecule has 0 saturated carbocycles. The third-order valence-corrected chi connectivity index (χ3v) is 3.93. The number of rotatable bonds is 5. The molecule has 3 aromatic rings.